The first kappa shape index (κ1) is 16.2. The minimum atomic E-state index is -0.329. The SMILES string of the molecule is C[C@H](NC(=O)c1nn(C)c(=O)c2ccccc12)c1ccc(Cl)cc1. The van der Waals surface area contributed by atoms with Crippen molar-refractivity contribution in [2.75, 3.05) is 0 Å². The third kappa shape index (κ3) is 3.03. The Balaban J connectivity index is 1.96. The van der Waals surface area contributed by atoms with E-state index in [1.165, 1.54) is 11.7 Å². The van der Waals surface area contributed by atoms with Crippen molar-refractivity contribution in [1.29, 1.82) is 0 Å². The van der Waals surface area contributed by atoms with Crippen LogP contribution in [0.2, 0.25) is 5.02 Å². The number of rotatable bonds is 3. The van der Waals surface area contributed by atoms with E-state index in [1.807, 2.05) is 19.1 Å². The number of nitrogens with one attached hydrogen (secondary N) is 1. The molecule has 5 nitrogen and oxygen atoms in total. The standard InChI is InChI=1S/C18H16ClN3O2/c1-11(12-7-9-13(19)10-8-12)20-17(23)16-14-5-3-4-6-15(14)18(24)22(2)21-16/h3-11H,1-2H3,(H,20,23)/t11-/m0/s1. The number of carbonyl (C=O) groups is 1. The van der Waals surface area contributed by atoms with Crippen molar-refractivity contribution >= 4 is 28.3 Å². The summed E-state index contributed by atoms with van der Waals surface area (Å²) in [6, 6.07) is 14.0. The van der Waals surface area contributed by atoms with Gasteiger partial charge in [0.05, 0.1) is 11.4 Å². The van der Waals surface area contributed by atoms with Crippen molar-refractivity contribution in [1.82, 2.24) is 15.1 Å². The number of aryl methyl sites for hydroxylation is 1. The lowest BCUT2D eigenvalue weighted by Crippen LogP contribution is -2.31. The van der Waals surface area contributed by atoms with Crippen molar-refractivity contribution in [3.8, 4) is 0 Å². The van der Waals surface area contributed by atoms with Gasteiger partial charge in [-0.05, 0) is 30.7 Å². The molecule has 1 atom stereocenters. The zero-order chi connectivity index (χ0) is 17.3. The lowest BCUT2D eigenvalue weighted by Gasteiger charge is -2.15. The number of aromatic nitrogens is 2. The monoisotopic (exact) mass is 341 g/mol. The van der Waals surface area contributed by atoms with Crippen LogP contribution in [0.3, 0.4) is 0 Å². The van der Waals surface area contributed by atoms with Gasteiger partial charge in [0.15, 0.2) is 5.69 Å². The number of fused-ring (bicyclic) bond motifs is 1. The Labute approximate surface area is 143 Å². The van der Waals surface area contributed by atoms with Gasteiger partial charge in [-0.15, -0.1) is 0 Å². The van der Waals surface area contributed by atoms with Crippen LogP contribution in [0, 0.1) is 0 Å². The van der Waals surface area contributed by atoms with Crippen LogP contribution in [0.5, 0.6) is 0 Å². The molecule has 0 saturated heterocycles. The van der Waals surface area contributed by atoms with Gasteiger partial charge in [-0.3, -0.25) is 9.59 Å². The Bertz CT molecular complexity index is 964. The Hall–Kier alpha value is -2.66. The lowest BCUT2D eigenvalue weighted by molar-refractivity contribution is 0.0934. The number of hydrogen-bond donors (Lipinski definition) is 1. The normalized spacial score (nSPS) is 12.1. The molecule has 122 valence electrons. The topological polar surface area (TPSA) is 64.0 Å². The molecule has 0 radical (unpaired) electrons. The van der Waals surface area contributed by atoms with Crippen LogP contribution >= 0.6 is 11.6 Å². The van der Waals surface area contributed by atoms with Crippen LogP contribution in [0.1, 0.15) is 29.0 Å². The molecule has 0 aliphatic carbocycles. The molecule has 1 N–H and O–H groups in total. The molecule has 6 heteroatoms. The van der Waals surface area contributed by atoms with Gasteiger partial charge in [0.2, 0.25) is 0 Å². The van der Waals surface area contributed by atoms with Gasteiger partial charge in [0, 0.05) is 17.5 Å². The van der Waals surface area contributed by atoms with Crippen LogP contribution in [0.4, 0.5) is 0 Å². The summed E-state index contributed by atoms with van der Waals surface area (Å²) in [5.41, 5.74) is 0.934. The van der Waals surface area contributed by atoms with E-state index in [1.54, 1.807) is 36.4 Å². The highest BCUT2D eigenvalue weighted by Crippen LogP contribution is 2.18. The molecule has 0 aliphatic heterocycles. The van der Waals surface area contributed by atoms with E-state index in [-0.39, 0.29) is 23.2 Å². The van der Waals surface area contributed by atoms with Gasteiger partial charge >= 0.3 is 0 Å². The largest absolute Gasteiger partial charge is 0.344 e. The summed E-state index contributed by atoms with van der Waals surface area (Å²) in [6.45, 7) is 1.88. The second-order valence-corrected chi connectivity index (χ2v) is 6.01. The molecule has 0 unspecified atom stereocenters. The van der Waals surface area contributed by atoms with E-state index in [2.05, 4.69) is 10.4 Å². The number of benzene rings is 2. The average molecular weight is 342 g/mol. The van der Waals surface area contributed by atoms with Gasteiger partial charge in [-0.1, -0.05) is 41.9 Å². The molecular formula is C18H16ClN3O2. The highest BCUT2D eigenvalue weighted by Gasteiger charge is 2.17. The third-order valence-corrected chi connectivity index (χ3v) is 4.14. The Kier molecular flexibility index (Phi) is 4.36. The molecule has 0 saturated carbocycles. The molecule has 24 heavy (non-hydrogen) atoms. The van der Waals surface area contributed by atoms with E-state index in [9.17, 15) is 9.59 Å². The second-order valence-electron chi connectivity index (χ2n) is 5.57. The van der Waals surface area contributed by atoms with E-state index in [0.717, 1.165) is 5.56 Å². The number of halogens is 1. The van der Waals surface area contributed by atoms with Crippen molar-refractivity contribution in [3.63, 3.8) is 0 Å². The van der Waals surface area contributed by atoms with Gasteiger partial charge in [0.1, 0.15) is 0 Å². The van der Waals surface area contributed by atoms with E-state index in [0.29, 0.717) is 15.8 Å². The zero-order valence-corrected chi connectivity index (χ0v) is 14.0. The fourth-order valence-electron chi connectivity index (χ4n) is 2.57. The fourth-order valence-corrected chi connectivity index (χ4v) is 2.69. The number of hydrogen-bond acceptors (Lipinski definition) is 3. The molecular weight excluding hydrogens is 326 g/mol. The Morgan fingerprint density at radius 1 is 1.12 bits per heavy atom. The molecule has 1 aromatic heterocycles. The smallest absolute Gasteiger partial charge is 0.274 e. The second kappa shape index (κ2) is 6.45. The quantitative estimate of drug-likeness (QED) is 0.796. The number of carbonyl (C=O) groups excluding carboxylic acids is 1. The maximum atomic E-state index is 12.7. The predicted octanol–water partition coefficient (Wildman–Crippen LogP) is 3.08. The highest BCUT2D eigenvalue weighted by molar-refractivity contribution is 6.30. The summed E-state index contributed by atoms with van der Waals surface area (Å²) in [7, 11) is 1.54. The Morgan fingerprint density at radius 2 is 1.75 bits per heavy atom. The summed E-state index contributed by atoms with van der Waals surface area (Å²) in [6.07, 6.45) is 0. The maximum absolute atomic E-state index is 12.7. The van der Waals surface area contributed by atoms with Crippen molar-refractivity contribution in [3.05, 3.63) is 75.2 Å². The van der Waals surface area contributed by atoms with Gasteiger partial charge in [0.25, 0.3) is 11.5 Å². The zero-order valence-electron chi connectivity index (χ0n) is 13.3. The van der Waals surface area contributed by atoms with Crippen LogP contribution in [-0.2, 0) is 7.05 Å². The first-order valence-corrected chi connectivity index (χ1v) is 7.87. The Morgan fingerprint density at radius 3 is 2.42 bits per heavy atom. The molecule has 0 aliphatic rings. The van der Waals surface area contributed by atoms with Crippen molar-refractivity contribution in [2.24, 2.45) is 7.05 Å². The van der Waals surface area contributed by atoms with Crippen LogP contribution in [-0.4, -0.2) is 15.7 Å². The first-order chi connectivity index (χ1) is 11.5. The molecule has 0 bridgehead atoms. The fraction of sp³-hybridized carbons (Fsp3) is 0.167. The van der Waals surface area contributed by atoms with Gasteiger partial charge < -0.3 is 5.32 Å². The van der Waals surface area contributed by atoms with Crippen molar-refractivity contribution < 1.29 is 4.79 Å². The van der Waals surface area contributed by atoms with Crippen LogP contribution in [0.25, 0.3) is 10.8 Å². The third-order valence-electron chi connectivity index (χ3n) is 3.89. The minimum absolute atomic E-state index is 0.215. The minimum Gasteiger partial charge on any atom is -0.344 e. The molecule has 3 rings (SSSR count). The molecule has 0 spiro atoms. The summed E-state index contributed by atoms with van der Waals surface area (Å²) in [5, 5.41) is 8.70. The first-order valence-electron chi connectivity index (χ1n) is 7.50. The van der Waals surface area contributed by atoms with Gasteiger partial charge in [-0.2, -0.15) is 5.10 Å². The number of amides is 1. The molecule has 3 aromatic rings. The summed E-state index contributed by atoms with van der Waals surface area (Å²) >= 11 is 5.89. The van der Waals surface area contributed by atoms with Crippen LogP contribution < -0.4 is 10.9 Å². The maximum Gasteiger partial charge on any atom is 0.274 e. The summed E-state index contributed by atoms with van der Waals surface area (Å²) in [5.74, 6) is -0.329. The van der Waals surface area contributed by atoms with Gasteiger partial charge in [-0.25, -0.2) is 4.68 Å². The molecule has 1 amide bonds. The highest BCUT2D eigenvalue weighted by atomic mass is 35.5. The molecule has 2 aromatic carbocycles. The van der Waals surface area contributed by atoms with E-state index in [4.69, 9.17) is 11.6 Å². The lowest BCUT2D eigenvalue weighted by atomic mass is 10.1. The van der Waals surface area contributed by atoms with E-state index < -0.39 is 0 Å². The average Bonchev–Trinajstić information content (AvgIpc) is 2.58. The van der Waals surface area contributed by atoms with E-state index >= 15 is 0 Å². The van der Waals surface area contributed by atoms with Crippen molar-refractivity contribution in [2.45, 2.75) is 13.0 Å². The summed E-state index contributed by atoms with van der Waals surface area (Å²) < 4.78 is 1.18. The van der Waals surface area contributed by atoms with Crippen LogP contribution in [0.15, 0.2) is 53.3 Å². The predicted molar refractivity (Wildman–Crippen MR) is 94.3 cm³/mol. The summed E-state index contributed by atoms with van der Waals surface area (Å²) in [4.78, 5) is 24.8. The molecule has 1 heterocycles. The number of nitrogens with zero attached hydrogens (tertiary/aromatic N) is 2. The molecule has 0 fully saturated rings.